The molecule has 0 fully saturated rings. The number of thiophene rings is 1. The minimum absolute atomic E-state index is 0.0652. The summed E-state index contributed by atoms with van der Waals surface area (Å²) in [6.07, 6.45) is 0.879. The number of likely N-dealkylation sites (N-methyl/N-ethyl adjacent to an activating group) is 1. The number of carbonyl (C=O) groups excluding carboxylic acids is 2. The third kappa shape index (κ3) is 3.73. The van der Waals surface area contributed by atoms with Gasteiger partial charge >= 0.3 is 0 Å². The number of hydrogen-bond acceptors (Lipinski definition) is 4. The molecule has 0 aliphatic rings. The van der Waals surface area contributed by atoms with E-state index in [9.17, 15) is 9.59 Å². The van der Waals surface area contributed by atoms with Crippen LogP contribution in [0.4, 0.5) is 5.69 Å². The van der Waals surface area contributed by atoms with Gasteiger partial charge in [0.15, 0.2) is 0 Å². The van der Waals surface area contributed by atoms with Gasteiger partial charge in [-0.05, 0) is 19.4 Å². The van der Waals surface area contributed by atoms with Gasteiger partial charge in [-0.25, -0.2) is 0 Å². The van der Waals surface area contributed by atoms with Gasteiger partial charge in [0.2, 0.25) is 5.91 Å². The van der Waals surface area contributed by atoms with Gasteiger partial charge in [0.1, 0.15) is 0 Å². The number of rotatable bonds is 5. The minimum Gasteiger partial charge on any atom is -0.398 e. The molecule has 6 heteroatoms. The van der Waals surface area contributed by atoms with Crippen molar-refractivity contribution in [1.29, 1.82) is 0 Å². The predicted molar refractivity (Wildman–Crippen MR) is 73.7 cm³/mol. The number of carbonyl (C=O) groups is 2. The smallest absolute Gasteiger partial charge is 0.264 e. The number of anilines is 1. The van der Waals surface area contributed by atoms with Crippen LogP contribution in [0.25, 0.3) is 0 Å². The van der Waals surface area contributed by atoms with E-state index in [1.54, 1.807) is 13.1 Å². The summed E-state index contributed by atoms with van der Waals surface area (Å²) in [6.45, 7) is 4.54. The van der Waals surface area contributed by atoms with Gasteiger partial charge in [-0.1, -0.05) is 6.92 Å². The van der Waals surface area contributed by atoms with Crippen molar-refractivity contribution >= 4 is 28.8 Å². The summed E-state index contributed by atoms with van der Waals surface area (Å²) in [4.78, 5) is 26.4. The zero-order valence-electron chi connectivity index (χ0n) is 10.9. The molecule has 2 amide bonds. The SMILES string of the molecule is CCCNC(=O)CN(C)C(=O)c1cc(N)c(C)s1. The van der Waals surface area contributed by atoms with Gasteiger partial charge in [-0.3, -0.25) is 9.59 Å². The van der Waals surface area contributed by atoms with E-state index in [0.717, 1.165) is 11.3 Å². The topological polar surface area (TPSA) is 75.4 Å². The van der Waals surface area contributed by atoms with Crippen molar-refractivity contribution in [3.05, 3.63) is 15.8 Å². The maximum absolute atomic E-state index is 12.0. The molecule has 100 valence electrons. The number of nitrogens with one attached hydrogen (secondary N) is 1. The third-order valence-electron chi connectivity index (χ3n) is 2.47. The fraction of sp³-hybridized carbons (Fsp3) is 0.500. The van der Waals surface area contributed by atoms with Crippen LogP contribution in [0.3, 0.4) is 0 Å². The Morgan fingerprint density at radius 3 is 2.67 bits per heavy atom. The lowest BCUT2D eigenvalue weighted by Gasteiger charge is -2.15. The molecule has 1 rings (SSSR count). The maximum Gasteiger partial charge on any atom is 0.264 e. The van der Waals surface area contributed by atoms with Crippen LogP contribution in [-0.4, -0.2) is 36.9 Å². The van der Waals surface area contributed by atoms with Crippen molar-refractivity contribution in [2.45, 2.75) is 20.3 Å². The van der Waals surface area contributed by atoms with Gasteiger partial charge < -0.3 is 16.0 Å². The first-order chi connectivity index (χ1) is 8.45. The van der Waals surface area contributed by atoms with E-state index < -0.39 is 0 Å². The molecule has 3 N–H and O–H groups in total. The lowest BCUT2D eigenvalue weighted by atomic mass is 10.3. The molecular formula is C12H19N3O2S. The van der Waals surface area contributed by atoms with E-state index in [1.807, 2.05) is 13.8 Å². The summed E-state index contributed by atoms with van der Waals surface area (Å²) >= 11 is 1.35. The number of hydrogen-bond donors (Lipinski definition) is 2. The standard InChI is InChI=1S/C12H19N3O2S/c1-4-5-14-11(16)7-15(3)12(17)10-6-9(13)8(2)18-10/h6H,4-5,7,13H2,1-3H3,(H,14,16). The summed E-state index contributed by atoms with van der Waals surface area (Å²) in [6, 6.07) is 1.66. The second kappa shape index (κ2) is 6.39. The van der Waals surface area contributed by atoms with Gasteiger partial charge in [0.25, 0.3) is 5.91 Å². The molecule has 18 heavy (non-hydrogen) atoms. The average molecular weight is 269 g/mol. The Balaban J connectivity index is 2.58. The van der Waals surface area contributed by atoms with Crippen LogP contribution in [0, 0.1) is 6.92 Å². The van der Waals surface area contributed by atoms with Crippen molar-refractivity contribution in [3.63, 3.8) is 0 Å². The molecule has 5 nitrogen and oxygen atoms in total. The predicted octanol–water partition coefficient (Wildman–Crippen LogP) is 1.24. The number of nitrogens with zero attached hydrogens (tertiary/aromatic N) is 1. The molecule has 0 aliphatic heterocycles. The monoisotopic (exact) mass is 269 g/mol. The van der Waals surface area contributed by atoms with E-state index in [1.165, 1.54) is 16.2 Å². The lowest BCUT2D eigenvalue weighted by Crippen LogP contribution is -2.38. The Morgan fingerprint density at radius 1 is 1.50 bits per heavy atom. The molecule has 0 spiro atoms. The Bertz CT molecular complexity index is 423. The highest BCUT2D eigenvalue weighted by atomic mass is 32.1. The zero-order valence-corrected chi connectivity index (χ0v) is 11.8. The fourth-order valence-corrected chi connectivity index (χ4v) is 2.33. The molecule has 1 aromatic heterocycles. The molecular weight excluding hydrogens is 250 g/mol. The van der Waals surface area contributed by atoms with Gasteiger partial charge in [0.05, 0.1) is 11.4 Å². The Morgan fingerprint density at radius 2 is 2.17 bits per heavy atom. The second-order valence-electron chi connectivity index (χ2n) is 4.13. The van der Waals surface area contributed by atoms with Crippen LogP contribution < -0.4 is 11.1 Å². The maximum atomic E-state index is 12.0. The quantitative estimate of drug-likeness (QED) is 0.844. The second-order valence-corrected chi connectivity index (χ2v) is 5.39. The van der Waals surface area contributed by atoms with Crippen molar-refractivity contribution in [2.75, 3.05) is 25.9 Å². The first kappa shape index (κ1) is 14.5. The Kier molecular flexibility index (Phi) is 5.15. The molecule has 0 aromatic carbocycles. The van der Waals surface area contributed by atoms with Crippen molar-refractivity contribution in [3.8, 4) is 0 Å². The van der Waals surface area contributed by atoms with Gasteiger partial charge in [-0.2, -0.15) is 0 Å². The Hall–Kier alpha value is -1.56. The Labute approximate surface area is 111 Å². The summed E-state index contributed by atoms with van der Waals surface area (Å²) < 4.78 is 0. The molecule has 0 radical (unpaired) electrons. The molecule has 1 heterocycles. The van der Waals surface area contributed by atoms with Crippen LogP contribution in [0.1, 0.15) is 27.9 Å². The van der Waals surface area contributed by atoms with Gasteiger partial charge in [-0.15, -0.1) is 11.3 Å². The van der Waals surface area contributed by atoms with E-state index in [2.05, 4.69) is 5.32 Å². The van der Waals surface area contributed by atoms with Crippen molar-refractivity contribution in [2.24, 2.45) is 0 Å². The fourth-order valence-electron chi connectivity index (χ4n) is 1.40. The number of nitrogens with two attached hydrogens (primary N) is 1. The molecule has 0 atom stereocenters. The molecule has 0 saturated heterocycles. The van der Waals surface area contributed by atoms with Crippen molar-refractivity contribution in [1.82, 2.24) is 10.2 Å². The van der Waals surface area contributed by atoms with Crippen LogP contribution in [0.15, 0.2) is 6.07 Å². The van der Waals surface area contributed by atoms with E-state index >= 15 is 0 Å². The van der Waals surface area contributed by atoms with Crippen molar-refractivity contribution < 1.29 is 9.59 Å². The normalized spacial score (nSPS) is 10.2. The van der Waals surface area contributed by atoms with E-state index in [4.69, 9.17) is 5.73 Å². The minimum atomic E-state index is -0.175. The highest BCUT2D eigenvalue weighted by Gasteiger charge is 2.17. The molecule has 0 aliphatic carbocycles. The first-order valence-corrected chi connectivity index (χ1v) is 6.65. The zero-order chi connectivity index (χ0) is 13.7. The van der Waals surface area contributed by atoms with Crippen LogP contribution in [0.2, 0.25) is 0 Å². The highest BCUT2D eigenvalue weighted by molar-refractivity contribution is 7.14. The molecule has 0 saturated carbocycles. The first-order valence-electron chi connectivity index (χ1n) is 5.83. The average Bonchev–Trinajstić information content (AvgIpc) is 2.66. The largest absolute Gasteiger partial charge is 0.398 e. The summed E-state index contributed by atoms with van der Waals surface area (Å²) in [5.41, 5.74) is 6.32. The third-order valence-corrected chi connectivity index (χ3v) is 3.52. The molecule has 1 aromatic rings. The summed E-state index contributed by atoms with van der Waals surface area (Å²) in [5.74, 6) is -0.319. The number of aryl methyl sites for hydroxylation is 1. The van der Waals surface area contributed by atoms with Crippen LogP contribution in [-0.2, 0) is 4.79 Å². The number of amides is 2. The van der Waals surface area contributed by atoms with E-state index in [0.29, 0.717) is 17.1 Å². The van der Waals surface area contributed by atoms with Crippen LogP contribution in [0.5, 0.6) is 0 Å². The van der Waals surface area contributed by atoms with Gasteiger partial charge in [0, 0.05) is 24.2 Å². The van der Waals surface area contributed by atoms with Crippen LogP contribution >= 0.6 is 11.3 Å². The summed E-state index contributed by atoms with van der Waals surface area (Å²) in [5, 5.41) is 2.73. The lowest BCUT2D eigenvalue weighted by molar-refractivity contribution is -0.121. The molecule has 0 bridgehead atoms. The molecule has 0 unspecified atom stereocenters. The highest BCUT2D eigenvalue weighted by Crippen LogP contribution is 2.24. The van der Waals surface area contributed by atoms with E-state index in [-0.39, 0.29) is 18.4 Å². The summed E-state index contributed by atoms with van der Waals surface area (Å²) in [7, 11) is 1.61. The number of nitrogen functional groups attached to an aromatic ring is 1.